The van der Waals surface area contributed by atoms with E-state index in [0.717, 1.165) is 22.9 Å². The highest BCUT2D eigenvalue weighted by molar-refractivity contribution is 6.62. The van der Waals surface area contributed by atoms with Crippen molar-refractivity contribution in [3.63, 3.8) is 0 Å². The van der Waals surface area contributed by atoms with Crippen molar-refractivity contribution in [2.45, 2.75) is 70.0 Å². The Kier molecular flexibility index (Phi) is 3.14. The summed E-state index contributed by atoms with van der Waals surface area (Å²) in [6.45, 7) is 8.39. The van der Waals surface area contributed by atoms with Crippen molar-refractivity contribution >= 4 is 12.6 Å². The average Bonchev–Trinajstić information content (AvgIpc) is 3.42. The van der Waals surface area contributed by atoms with Crippen LogP contribution in [0.2, 0.25) is 0 Å². The number of hydrogen-bond acceptors (Lipinski definition) is 4. The maximum Gasteiger partial charge on any atom is 0.494 e. The van der Waals surface area contributed by atoms with Gasteiger partial charge in [0.15, 0.2) is 0 Å². The Hall–Kier alpha value is -2.16. The first-order valence-corrected chi connectivity index (χ1v) is 12.6. The lowest BCUT2D eigenvalue weighted by Crippen LogP contribution is -2.65. The van der Waals surface area contributed by atoms with E-state index >= 15 is 0 Å². The molecule has 1 aliphatic heterocycles. The van der Waals surface area contributed by atoms with E-state index in [9.17, 15) is 5.26 Å². The van der Waals surface area contributed by atoms with Gasteiger partial charge >= 0.3 is 7.12 Å². The van der Waals surface area contributed by atoms with Gasteiger partial charge in [0, 0.05) is 23.4 Å². The predicted molar refractivity (Wildman–Crippen MR) is 126 cm³/mol. The lowest BCUT2D eigenvalue weighted by molar-refractivity contribution is -0.193. The zero-order valence-electron chi connectivity index (χ0n) is 19.8. The summed E-state index contributed by atoms with van der Waals surface area (Å²) in [5.74, 6) is 3.28. The Labute approximate surface area is 195 Å². The molecule has 5 heteroatoms. The number of nitrogens with zero attached hydrogens (tertiary/aromatic N) is 2. The molecule has 5 fully saturated rings. The zero-order chi connectivity index (χ0) is 22.5. The summed E-state index contributed by atoms with van der Waals surface area (Å²) >= 11 is 0. The van der Waals surface area contributed by atoms with E-state index in [1.165, 1.54) is 42.4 Å². The van der Waals surface area contributed by atoms with Gasteiger partial charge < -0.3 is 9.31 Å². The summed E-state index contributed by atoms with van der Waals surface area (Å²) in [5, 5.41) is 10.0. The molecule has 6 aliphatic rings. The topological polar surface area (TPSA) is 55.1 Å². The van der Waals surface area contributed by atoms with Crippen molar-refractivity contribution in [3.8, 4) is 17.2 Å². The van der Waals surface area contributed by atoms with Crippen molar-refractivity contribution in [2.24, 2.45) is 29.1 Å². The van der Waals surface area contributed by atoms with E-state index in [-0.39, 0.29) is 16.6 Å². The summed E-state index contributed by atoms with van der Waals surface area (Å²) in [6, 6.07) is 9.32. The second-order valence-corrected chi connectivity index (χ2v) is 12.7. The van der Waals surface area contributed by atoms with E-state index in [1.54, 1.807) is 6.20 Å². The average molecular weight is 436 g/mol. The third-order valence-electron chi connectivity index (χ3n) is 11.4. The van der Waals surface area contributed by atoms with Crippen molar-refractivity contribution in [3.05, 3.63) is 47.3 Å². The first kappa shape index (κ1) is 19.2. The fourth-order valence-corrected chi connectivity index (χ4v) is 9.43. The zero-order valence-corrected chi connectivity index (χ0v) is 19.8. The number of aromatic nitrogens is 1. The van der Waals surface area contributed by atoms with Gasteiger partial charge in [0.2, 0.25) is 0 Å². The van der Waals surface area contributed by atoms with Gasteiger partial charge in [0.25, 0.3) is 0 Å². The summed E-state index contributed by atoms with van der Waals surface area (Å²) in [5.41, 5.74) is 6.76. The summed E-state index contributed by atoms with van der Waals surface area (Å²) < 4.78 is 12.8. The molecule has 166 valence electrons. The number of nitriles is 1. The molecule has 2 bridgehead atoms. The summed E-state index contributed by atoms with van der Waals surface area (Å²) in [6.07, 6.45) is 9.39. The van der Waals surface area contributed by atoms with Crippen LogP contribution in [0.15, 0.2) is 30.6 Å². The van der Waals surface area contributed by atoms with Gasteiger partial charge in [-0.3, -0.25) is 4.98 Å². The van der Waals surface area contributed by atoms with Crippen LogP contribution < -0.4 is 5.46 Å². The second kappa shape index (κ2) is 5.39. The van der Waals surface area contributed by atoms with Crippen molar-refractivity contribution in [2.75, 3.05) is 0 Å². The predicted octanol–water partition coefficient (Wildman–Crippen LogP) is 4.58. The second-order valence-electron chi connectivity index (χ2n) is 12.7. The molecule has 33 heavy (non-hydrogen) atoms. The molecule has 2 aromatic rings. The van der Waals surface area contributed by atoms with Crippen LogP contribution in [0.4, 0.5) is 0 Å². The number of fused-ring (bicyclic) bond motifs is 8. The maximum atomic E-state index is 10.0. The Balaban J connectivity index is 1.33. The molecular formula is C28H29BN2O2. The molecule has 0 amide bonds. The first-order chi connectivity index (χ1) is 15.7. The third-order valence-corrected chi connectivity index (χ3v) is 11.4. The standard InChI is InChI=1S/C28H29BN2O2/c1-25(2)26(3,4)33-29(32-25)19-5-6-21-20(10-19)24-15(12-30)13-31-14-22(24)28(21)18-8-16-7-17-9-23(28)27(16,17)11-18/h5-6,10,13-14,16-18,23H,7-9,11H2,1-4H3. The Morgan fingerprint density at radius 2 is 1.70 bits per heavy atom. The van der Waals surface area contributed by atoms with Gasteiger partial charge in [-0.15, -0.1) is 0 Å². The molecular weight excluding hydrogens is 407 g/mol. The van der Waals surface area contributed by atoms with E-state index in [0.29, 0.717) is 22.8 Å². The van der Waals surface area contributed by atoms with Crippen molar-refractivity contribution in [1.82, 2.24) is 4.98 Å². The van der Waals surface area contributed by atoms with Crippen LogP contribution in [0.3, 0.4) is 0 Å². The van der Waals surface area contributed by atoms with Gasteiger partial charge in [-0.1, -0.05) is 18.2 Å². The number of rotatable bonds is 1. The van der Waals surface area contributed by atoms with Crippen LogP contribution in [0.1, 0.15) is 70.1 Å². The molecule has 0 N–H and O–H groups in total. The lowest BCUT2D eigenvalue weighted by atomic mass is 9.34. The lowest BCUT2D eigenvalue weighted by Gasteiger charge is -2.70. The SMILES string of the molecule is CC1(C)OB(c2ccc3c(c2)-c2c(C#N)cncc2C32C3CC4CC5CC2C45C3)OC1(C)C. The molecule has 4 nitrogen and oxygen atoms in total. The number of benzene rings is 1. The molecule has 2 spiro atoms. The number of hydrogen-bond donors (Lipinski definition) is 0. The minimum atomic E-state index is -0.393. The molecule has 4 saturated carbocycles. The smallest absolute Gasteiger partial charge is 0.399 e. The molecule has 5 aliphatic carbocycles. The fourth-order valence-electron chi connectivity index (χ4n) is 9.43. The highest BCUT2D eigenvalue weighted by Gasteiger charge is 2.82. The van der Waals surface area contributed by atoms with Gasteiger partial charge in [-0.25, -0.2) is 0 Å². The normalized spacial score (nSPS) is 41.2. The minimum absolute atomic E-state index is 0.0480. The highest BCUT2D eigenvalue weighted by Crippen LogP contribution is 2.88. The number of pyridine rings is 1. The van der Waals surface area contributed by atoms with Crippen molar-refractivity contribution < 1.29 is 9.31 Å². The summed E-state index contributed by atoms with van der Waals surface area (Å²) in [7, 11) is -0.393. The van der Waals surface area contributed by atoms with Crippen LogP contribution in [0.25, 0.3) is 11.1 Å². The van der Waals surface area contributed by atoms with Gasteiger partial charge in [0.1, 0.15) is 6.07 Å². The molecule has 6 atom stereocenters. The highest BCUT2D eigenvalue weighted by atomic mass is 16.7. The first-order valence-electron chi connectivity index (χ1n) is 12.6. The van der Waals surface area contributed by atoms with Crippen LogP contribution >= 0.6 is 0 Å². The Morgan fingerprint density at radius 3 is 2.39 bits per heavy atom. The molecule has 1 aromatic carbocycles. The molecule has 6 unspecified atom stereocenters. The van der Waals surface area contributed by atoms with E-state index in [4.69, 9.17) is 9.31 Å². The van der Waals surface area contributed by atoms with Crippen LogP contribution in [0.5, 0.6) is 0 Å². The Bertz CT molecular complexity index is 1300. The van der Waals surface area contributed by atoms with E-state index in [1.807, 2.05) is 0 Å². The van der Waals surface area contributed by atoms with Gasteiger partial charge in [-0.05, 0) is 105 Å². The largest absolute Gasteiger partial charge is 0.494 e. The van der Waals surface area contributed by atoms with Gasteiger partial charge in [0.05, 0.1) is 16.8 Å². The van der Waals surface area contributed by atoms with Crippen LogP contribution in [0, 0.1) is 40.4 Å². The maximum absolute atomic E-state index is 10.0. The van der Waals surface area contributed by atoms with Gasteiger partial charge in [-0.2, -0.15) is 5.26 Å². The third kappa shape index (κ3) is 1.82. The monoisotopic (exact) mass is 436 g/mol. The van der Waals surface area contributed by atoms with Crippen LogP contribution in [-0.4, -0.2) is 23.3 Å². The molecule has 8 rings (SSSR count). The minimum Gasteiger partial charge on any atom is -0.399 e. The Morgan fingerprint density at radius 1 is 0.970 bits per heavy atom. The van der Waals surface area contributed by atoms with E-state index in [2.05, 4.69) is 63.1 Å². The van der Waals surface area contributed by atoms with E-state index < -0.39 is 7.12 Å². The quantitative estimate of drug-likeness (QED) is 0.614. The fraction of sp³-hybridized carbons (Fsp3) is 0.571. The molecule has 0 radical (unpaired) electrons. The molecule has 1 saturated heterocycles. The van der Waals surface area contributed by atoms with Crippen molar-refractivity contribution in [1.29, 1.82) is 5.26 Å². The molecule has 2 heterocycles. The molecule has 1 aromatic heterocycles. The summed E-state index contributed by atoms with van der Waals surface area (Å²) in [4.78, 5) is 4.59. The van der Waals surface area contributed by atoms with Crippen LogP contribution in [-0.2, 0) is 14.7 Å².